The number of morpholine rings is 1. The molecule has 3 aromatic rings. The molecular formula is C24H31Cl3N6O2. The van der Waals surface area contributed by atoms with Gasteiger partial charge in [0.2, 0.25) is 0 Å². The number of ether oxygens (including phenoxy) is 1. The maximum absolute atomic E-state index is 12.5. The van der Waals surface area contributed by atoms with Crippen LogP contribution in [0.1, 0.15) is 22.6 Å². The summed E-state index contributed by atoms with van der Waals surface area (Å²) >= 11 is 0. The van der Waals surface area contributed by atoms with Gasteiger partial charge in [-0.15, -0.1) is 37.2 Å². The molecule has 0 saturated carbocycles. The molecule has 0 unspecified atom stereocenters. The lowest BCUT2D eigenvalue weighted by Gasteiger charge is -2.27. The summed E-state index contributed by atoms with van der Waals surface area (Å²) in [5.41, 5.74) is 12.8. The fraction of sp³-hybridized carbons (Fsp3) is 0.292. The Morgan fingerprint density at radius 2 is 1.71 bits per heavy atom. The summed E-state index contributed by atoms with van der Waals surface area (Å²) in [6.45, 7) is 4.26. The second-order valence-electron chi connectivity index (χ2n) is 7.59. The van der Waals surface area contributed by atoms with Crippen molar-refractivity contribution < 1.29 is 9.53 Å². The molecule has 0 spiro atoms. The van der Waals surface area contributed by atoms with Gasteiger partial charge >= 0.3 is 0 Å². The number of anilines is 2. The number of amides is 1. The number of hydrazine groups is 1. The fourth-order valence-electron chi connectivity index (χ4n) is 3.48. The van der Waals surface area contributed by atoms with Gasteiger partial charge in [-0.25, -0.2) is 15.0 Å². The largest absolute Gasteiger partial charge is 0.397 e. The van der Waals surface area contributed by atoms with Crippen molar-refractivity contribution in [1.29, 1.82) is 0 Å². The van der Waals surface area contributed by atoms with Crippen molar-refractivity contribution in [3.8, 4) is 11.3 Å². The first-order valence-electron chi connectivity index (χ1n) is 10.8. The highest BCUT2D eigenvalue weighted by Crippen LogP contribution is 2.20. The lowest BCUT2D eigenvalue weighted by molar-refractivity contribution is 0.0119. The number of nitrogens with one attached hydrogen (secondary N) is 2. The van der Waals surface area contributed by atoms with Crippen LogP contribution in [0, 0.1) is 0 Å². The highest BCUT2D eigenvalue weighted by Gasteiger charge is 2.10. The van der Waals surface area contributed by atoms with E-state index in [2.05, 4.69) is 20.7 Å². The van der Waals surface area contributed by atoms with Gasteiger partial charge in [-0.1, -0.05) is 24.3 Å². The van der Waals surface area contributed by atoms with Gasteiger partial charge in [-0.3, -0.25) is 10.2 Å². The molecule has 1 saturated heterocycles. The predicted octanol–water partition coefficient (Wildman–Crippen LogP) is 4.01. The van der Waals surface area contributed by atoms with E-state index in [1.165, 1.54) is 0 Å². The van der Waals surface area contributed by atoms with Crippen molar-refractivity contribution in [2.45, 2.75) is 12.8 Å². The third kappa shape index (κ3) is 8.92. The van der Waals surface area contributed by atoms with E-state index in [4.69, 9.17) is 15.5 Å². The monoisotopic (exact) mass is 540 g/mol. The molecule has 35 heavy (non-hydrogen) atoms. The van der Waals surface area contributed by atoms with Crippen LogP contribution < -0.4 is 16.5 Å². The quantitative estimate of drug-likeness (QED) is 0.292. The van der Waals surface area contributed by atoms with Crippen molar-refractivity contribution in [1.82, 2.24) is 20.4 Å². The third-order valence-electron chi connectivity index (χ3n) is 5.28. The number of benzene rings is 2. The number of aromatic nitrogens is 2. The average Bonchev–Trinajstić information content (AvgIpc) is 2.84. The number of aryl methyl sites for hydroxylation is 1. The van der Waals surface area contributed by atoms with E-state index in [0.717, 1.165) is 62.8 Å². The minimum absolute atomic E-state index is 0. The molecule has 1 aliphatic heterocycles. The molecule has 0 bridgehead atoms. The summed E-state index contributed by atoms with van der Waals surface area (Å²) in [7, 11) is 0. The molecule has 2 aromatic carbocycles. The Kier molecular flexibility index (Phi) is 13.6. The first-order valence-corrected chi connectivity index (χ1v) is 10.8. The summed E-state index contributed by atoms with van der Waals surface area (Å²) in [5.74, 6) is 0.609. The Morgan fingerprint density at radius 1 is 1.00 bits per heavy atom. The molecule has 0 radical (unpaired) electrons. The Morgan fingerprint density at radius 3 is 2.43 bits per heavy atom. The summed E-state index contributed by atoms with van der Waals surface area (Å²) in [5, 5.41) is 5.04. The van der Waals surface area contributed by atoms with Crippen LogP contribution in [0.3, 0.4) is 0 Å². The molecule has 1 amide bonds. The zero-order valence-corrected chi connectivity index (χ0v) is 21.6. The molecule has 4 N–H and O–H groups in total. The van der Waals surface area contributed by atoms with E-state index in [-0.39, 0.29) is 43.1 Å². The van der Waals surface area contributed by atoms with E-state index in [1.807, 2.05) is 30.3 Å². The Bertz CT molecular complexity index is 1050. The van der Waals surface area contributed by atoms with Gasteiger partial charge in [0.15, 0.2) is 0 Å². The van der Waals surface area contributed by atoms with Crippen LogP contribution in [0.2, 0.25) is 0 Å². The van der Waals surface area contributed by atoms with Crippen LogP contribution in [0.4, 0.5) is 11.4 Å². The van der Waals surface area contributed by atoms with E-state index < -0.39 is 0 Å². The number of nitrogens with zero attached hydrogens (tertiary/aromatic N) is 3. The van der Waals surface area contributed by atoms with Crippen molar-refractivity contribution in [3.05, 3.63) is 72.2 Å². The highest BCUT2D eigenvalue weighted by atomic mass is 35.5. The second kappa shape index (κ2) is 15.5. The normalized spacial score (nSPS) is 13.0. The van der Waals surface area contributed by atoms with Gasteiger partial charge in [-0.2, -0.15) is 0 Å². The van der Waals surface area contributed by atoms with Crippen LogP contribution in [0.5, 0.6) is 0 Å². The molecule has 11 heteroatoms. The molecule has 0 aliphatic carbocycles. The molecule has 2 heterocycles. The number of hydrogen-bond acceptors (Lipinski definition) is 7. The third-order valence-corrected chi connectivity index (χ3v) is 5.28. The summed E-state index contributed by atoms with van der Waals surface area (Å²) in [6.07, 6.45) is 3.53. The first-order chi connectivity index (χ1) is 15.7. The topological polar surface area (TPSA) is 105 Å². The van der Waals surface area contributed by atoms with Crippen molar-refractivity contribution in [3.63, 3.8) is 0 Å². The van der Waals surface area contributed by atoms with Gasteiger partial charge < -0.3 is 15.8 Å². The Labute approximate surface area is 224 Å². The Balaban J connectivity index is 0.00000204. The summed E-state index contributed by atoms with van der Waals surface area (Å²) in [6, 6.07) is 16.5. The van der Waals surface area contributed by atoms with Gasteiger partial charge in [-0.05, 0) is 36.8 Å². The first kappa shape index (κ1) is 30.6. The summed E-state index contributed by atoms with van der Waals surface area (Å²) in [4.78, 5) is 21.6. The number of nitrogens with two attached hydrogens (primary N) is 1. The lowest BCUT2D eigenvalue weighted by Crippen LogP contribution is -2.46. The highest BCUT2D eigenvalue weighted by molar-refractivity contribution is 6.05. The van der Waals surface area contributed by atoms with E-state index in [9.17, 15) is 4.79 Å². The molecule has 8 nitrogen and oxygen atoms in total. The van der Waals surface area contributed by atoms with Crippen LogP contribution in [0.25, 0.3) is 11.3 Å². The number of carbonyl (C=O) groups excluding carboxylic acids is 1. The van der Waals surface area contributed by atoms with Gasteiger partial charge in [0.25, 0.3) is 5.91 Å². The number of para-hydroxylation sites is 2. The van der Waals surface area contributed by atoms with Crippen molar-refractivity contribution >= 4 is 54.5 Å². The molecule has 1 fully saturated rings. The lowest BCUT2D eigenvalue weighted by atomic mass is 10.1. The maximum atomic E-state index is 12.5. The number of halogens is 3. The van der Waals surface area contributed by atoms with Gasteiger partial charge in [0.05, 0.1) is 30.3 Å². The predicted molar refractivity (Wildman–Crippen MR) is 147 cm³/mol. The SMILES string of the molecule is Cl.Cl.Cl.Nc1ccccc1NC(=O)c1ccc(-c2ccnc(CCCNN3CCOCC3)n2)cc1. The van der Waals surface area contributed by atoms with Crippen molar-refractivity contribution in [2.75, 3.05) is 43.9 Å². The minimum atomic E-state index is -0.203. The zero-order valence-electron chi connectivity index (χ0n) is 19.2. The molecule has 1 aliphatic rings. The fourth-order valence-corrected chi connectivity index (χ4v) is 3.48. The molecule has 4 rings (SSSR count). The van der Waals surface area contributed by atoms with E-state index in [0.29, 0.717) is 16.9 Å². The number of carbonyl (C=O) groups is 1. The summed E-state index contributed by atoms with van der Waals surface area (Å²) < 4.78 is 5.35. The average molecular weight is 542 g/mol. The van der Waals surface area contributed by atoms with Crippen LogP contribution in [-0.2, 0) is 11.2 Å². The smallest absolute Gasteiger partial charge is 0.255 e. The van der Waals surface area contributed by atoms with Gasteiger partial charge in [0.1, 0.15) is 5.82 Å². The number of nitrogen functional groups attached to an aromatic ring is 1. The van der Waals surface area contributed by atoms with E-state index >= 15 is 0 Å². The number of hydrogen-bond donors (Lipinski definition) is 3. The molecule has 1 aromatic heterocycles. The zero-order chi connectivity index (χ0) is 22.2. The standard InChI is InChI=1S/C24H28N6O2.3ClH/c25-20-4-1-2-5-22(20)29-24(31)19-9-7-18(8-10-19)21-11-13-26-23(28-21)6-3-12-27-30-14-16-32-17-15-30;;;/h1-2,4-5,7-11,13,27H,3,6,12,14-17,25H2,(H,29,31);3*1H. The minimum Gasteiger partial charge on any atom is -0.397 e. The Hall–Kier alpha value is -2.46. The van der Waals surface area contributed by atoms with Gasteiger partial charge in [0, 0.05) is 43.4 Å². The second-order valence-corrected chi connectivity index (χ2v) is 7.59. The van der Waals surface area contributed by atoms with E-state index in [1.54, 1.807) is 30.5 Å². The molecule has 0 atom stereocenters. The molecular weight excluding hydrogens is 511 g/mol. The van der Waals surface area contributed by atoms with Crippen LogP contribution in [-0.4, -0.2) is 53.7 Å². The van der Waals surface area contributed by atoms with Crippen LogP contribution >= 0.6 is 37.2 Å². The maximum Gasteiger partial charge on any atom is 0.255 e. The molecule has 190 valence electrons. The van der Waals surface area contributed by atoms with Crippen molar-refractivity contribution in [2.24, 2.45) is 0 Å². The number of rotatable bonds is 8. The van der Waals surface area contributed by atoms with Crippen LogP contribution in [0.15, 0.2) is 60.8 Å².